The lowest BCUT2D eigenvalue weighted by Gasteiger charge is -2.53. The van der Waals surface area contributed by atoms with E-state index in [-0.39, 0.29) is 29.7 Å². The minimum absolute atomic E-state index is 0.0127. The molecule has 2 aromatic rings. The third-order valence-corrected chi connectivity index (χ3v) is 7.81. The van der Waals surface area contributed by atoms with Crippen LogP contribution in [0.25, 0.3) is 17.0 Å². The molecule has 3 unspecified atom stereocenters. The molecule has 6 atom stereocenters. The van der Waals surface area contributed by atoms with Gasteiger partial charge in [-0.15, -0.1) is 0 Å². The molecule has 188 valence electrons. The second kappa shape index (κ2) is 8.19. The van der Waals surface area contributed by atoms with Crippen LogP contribution < -0.4 is 5.73 Å². The van der Waals surface area contributed by atoms with E-state index in [0.717, 1.165) is 0 Å². The number of phenols is 1. The summed E-state index contributed by atoms with van der Waals surface area (Å²) in [6.07, 6.45) is 3.27. The van der Waals surface area contributed by atoms with E-state index in [1.165, 1.54) is 24.7 Å². The van der Waals surface area contributed by atoms with Crippen molar-refractivity contribution in [3.63, 3.8) is 0 Å². The molecule has 0 radical (unpaired) electrons. The molecule has 0 saturated heterocycles. The molecular formula is C25H26N4O7. The maximum atomic E-state index is 13.8. The highest BCUT2D eigenvalue weighted by Crippen LogP contribution is 2.53. The number of aromatic nitrogens is 2. The molecule has 0 spiro atoms. The van der Waals surface area contributed by atoms with Crippen LogP contribution in [-0.4, -0.2) is 84.6 Å². The molecule has 0 aliphatic heterocycles. The number of phenolic OH excluding ortho intramolecular Hbond substituents is 1. The number of aliphatic hydroxyl groups is 3. The van der Waals surface area contributed by atoms with Gasteiger partial charge in [-0.25, -0.2) is 0 Å². The van der Waals surface area contributed by atoms with E-state index < -0.39 is 58.7 Å². The van der Waals surface area contributed by atoms with Crippen LogP contribution in [0.1, 0.15) is 17.5 Å². The van der Waals surface area contributed by atoms with Crippen LogP contribution >= 0.6 is 0 Å². The smallest absolute Gasteiger partial charge is 0.230 e. The summed E-state index contributed by atoms with van der Waals surface area (Å²) in [7, 11) is 3.21. The number of likely N-dealkylation sites (N-methyl/N-ethyl adjacent to an activating group) is 1. The average Bonchev–Trinajstić information content (AvgIpc) is 2.81. The van der Waals surface area contributed by atoms with E-state index in [1.807, 2.05) is 0 Å². The summed E-state index contributed by atoms with van der Waals surface area (Å²) in [5.74, 6) is -7.72. The van der Waals surface area contributed by atoms with Gasteiger partial charge in [0.15, 0.2) is 11.4 Å². The summed E-state index contributed by atoms with van der Waals surface area (Å²) in [6.45, 7) is 0. The summed E-state index contributed by atoms with van der Waals surface area (Å²) in [5, 5.41) is 44.4. The van der Waals surface area contributed by atoms with Gasteiger partial charge in [-0.05, 0) is 50.6 Å². The lowest BCUT2D eigenvalue weighted by Crippen LogP contribution is -2.73. The third kappa shape index (κ3) is 3.13. The van der Waals surface area contributed by atoms with Crippen molar-refractivity contribution >= 4 is 23.2 Å². The Bertz CT molecular complexity index is 1330. The normalized spacial score (nSPS) is 31.6. The van der Waals surface area contributed by atoms with E-state index in [4.69, 9.17) is 5.73 Å². The summed E-state index contributed by atoms with van der Waals surface area (Å²) in [6, 6.07) is 2.06. The minimum Gasteiger partial charge on any atom is -0.507 e. The van der Waals surface area contributed by atoms with Gasteiger partial charge in [-0.1, -0.05) is 0 Å². The van der Waals surface area contributed by atoms with Crippen LogP contribution in [0.2, 0.25) is 0 Å². The Morgan fingerprint density at radius 3 is 2.53 bits per heavy atom. The van der Waals surface area contributed by atoms with Gasteiger partial charge in [-0.3, -0.25) is 24.4 Å². The Hall–Kier alpha value is -3.67. The maximum Gasteiger partial charge on any atom is 0.230 e. The Balaban J connectivity index is 1.71. The van der Waals surface area contributed by atoms with Crippen molar-refractivity contribution in [2.24, 2.45) is 23.5 Å². The molecule has 0 bridgehead atoms. The number of primary amides is 1. The zero-order valence-electron chi connectivity index (χ0n) is 19.6. The van der Waals surface area contributed by atoms with Gasteiger partial charge in [-0.2, -0.15) is 0 Å². The number of rotatable bonds is 3. The van der Waals surface area contributed by atoms with E-state index in [1.54, 1.807) is 25.1 Å². The number of hydrogen-bond acceptors (Lipinski definition) is 10. The summed E-state index contributed by atoms with van der Waals surface area (Å²) in [4.78, 5) is 49.2. The van der Waals surface area contributed by atoms with E-state index in [0.29, 0.717) is 16.8 Å². The second-order valence-corrected chi connectivity index (χ2v) is 9.87. The zero-order chi connectivity index (χ0) is 26.1. The zero-order valence-corrected chi connectivity index (χ0v) is 19.6. The Labute approximate surface area is 205 Å². The standard InChI is InChI=1S/C25H26N4O7/c1-29(2)19-13-8-10-7-12-11(14-9-27-5-6-28-14)3-4-15(30)17(12)20(31)16(10)22(33)25(13,36)23(34)18(21(19)32)24(26)35/h3-6,9-10,13,18-19,21,30-32,36H,7-8H2,1-2H3,(H2,26,35)/t10-,13-,18?,19?,21?,25-/m1/s1. The first-order chi connectivity index (χ1) is 17.0. The number of nitrogens with two attached hydrogens (primary N) is 1. The molecular weight excluding hydrogens is 468 g/mol. The van der Waals surface area contributed by atoms with E-state index in [2.05, 4.69) is 9.97 Å². The number of nitrogens with zero attached hydrogens (tertiary/aromatic N) is 3. The van der Waals surface area contributed by atoms with Crippen molar-refractivity contribution < 1.29 is 34.8 Å². The minimum atomic E-state index is -2.68. The van der Waals surface area contributed by atoms with Gasteiger partial charge in [0.05, 0.1) is 23.6 Å². The van der Waals surface area contributed by atoms with Gasteiger partial charge in [0.25, 0.3) is 0 Å². The molecule has 2 saturated carbocycles. The molecule has 6 N–H and O–H groups in total. The van der Waals surface area contributed by atoms with Gasteiger partial charge in [0, 0.05) is 35.5 Å². The summed E-state index contributed by atoms with van der Waals surface area (Å²) in [5.41, 5.74) is 4.17. The molecule has 36 heavy (non-hydrogen) atoms. The third-order valence-electron chi connectivity index (χ3n) is 7.81. The second-order valence-electron chi connectivity index (χ2n) is 9.87. The van der Waals surface area contributed by atoms with Gasteiger partial charge in [0.2, 0.25) is 11.7 Å². The average molecular weight is 495 g/mol. The molecule has 11 heteroatoms. The van der Waals surface area contributed by atoms with E-state index in [9.17, 15) is 34.8 Å². The van der Waals surface area contributed by atoms with Crippen molar-refractivity contribution in [3.8, 4) is 17.0 Å². The summed E-state index contributed by atoms with van der Waals surface area (Å²) < 4.78 is 0. The van der Waals surface area contributed by atoms with Crippen LogP contribution in [0.5, 0.6) is 5.75 Å². The van der Waals surface area contributed by atoms with Gasteiger partial charge < -0.3 is 31.1 Å². The molecule has 11 nitrogen and oxygen atoms in total. The fourth-order valence-corrected chi connectivity index (χ4v) is 6.28. The van der Waals surface area contributed by atoms with Crippen molar-refractivity contribution in [1.82, 2.24) is 14.9 Å². The van der Waals surface area contributed by atoms with Crippen LogP contribution in [0, 0.1) is 17.8 Å². The fraction of sp³-hybridized carbons (Fsp3) is 0.400. The quantitative estimate of drug-likeness (QED) is 0.351. The van der Waals surface area contributed by atoms with Crippen molar-refractivity contribution in [3.05, 3.63) is 47.4 Å². The van der Waals surface area contributed by atoms with Crippen molar-refractivity contribution in [2.45, 2.75) is 30.6 Å². The Morgan fingerprint density at radius 1 is 1.19 bits per heavy atom. The van der Waals surface area contributed by atoms with Crippen LogP contribution in [0.4, 0.5) is 0 Å². The molecule has 3 aliphatic carbocycles. The fourth-order valence-electron chi connectivity index (χ4n) is 6.28. The first kappa shape index (κ1) is 24.0. The SMILES string of the molecule is CN(C)C1C(O)C(C(N)=O)C(=O)[C@]2(O)C(=O)C3=C(O)c4c(O)ccc(-c5cnccn5)c4C[C@@H]3C[C@H]12. The number of aromatic hydroxyl groups is 1. The van der Waals surface area contributed by atoms with Gasteiger partial charge in [0.1, 0.15) is 17.4 Å². The first-order valence-electron chi connectivity index (χ1n) is 11.5. The predicted octanol–water partition coefficient (Wildman–Crippen LogP) is -0.414. The highest BCUT2D eigenvalue weighted by molar-refractivity contribution is 6.25. The maximum absolute atomic E-state index is 13.8. The van der Waals surface area contributed by atoms with Gasteiger partial charge >= 0.3 is 0 Å². The molecule has 5 rings (SSSR count). The number of fused-ring (bicyclic) bond motifs is 3. The molecule has 1 aromatic heterocycles. The highest BCUT2D eigenvalue weighted by atomic mass is 16.3. The van der Waals surface area contributed by atoms with Crippen molar-refractivity contribution in [1.29, 1.82) is 0 Å². The number of carbonyl (C=O) groups excluding carboxylic acids is 3. The Morgan fingerprint density at radius 2 is 1.92 bits per heavy atom. The highest BCUT2D eigenvalue weighted by Gasteiger charge is 2.67. The van der Waals surface area contributed by atoms with Crippen LogP contribution in [0.15, 0.2) is 36.3 Å². The summed E-state index contributed by atoms with van der Waals surface area (Å²) >= 11 is 0. The lowest BCUT2D eigenvalue weighted by atomic mass is 9.54. The Kier molecular flexibility index (Phi) is 5.47. The number of aliphatic hydroxyl groups excluding tert-OH is 2. The number of Topliss-reactive ketones (excluding diaryl/α,β-unsaturated/α-hetero) is 2. The molecule has 1 aromatic carbocycles. The van der Waals surface area contributed by atoms with Crippen LogP contribution in [-0.2, 0) is 20.8 Å². The number of benzene rings is 1. The topological polar surface area (TPSA) is 187 Å². The monoisotopic (exact) mass is 494 g/mol. The molecule has 1 amide bonds. The first-order valence-corrected chi connectivity index (χ1v) is 11.5. The molecule has 2 fully saturated rings. The lowest BCUT2D eigenvalue weighted by molar-refractivity contribution is -0.184. The molecule has 3 aliphatic rings. The largest absolute Gasteiger partial charge is 0.507 e. The molecule has 1 heterocycles. The predicted molar refractivity (Wildman–Crippen MR) is 125 cm³/mol. The number of amides is 1. The van der Waals surface area contributed by atoms with Crippen LogP contribution in [0.3, 0.4) is 0 Å². The number of carbonyl (C=O) groups is 3. The van der Waals surface area contributed by atoms with E-state index >= 15 is 0 Å². The number of ketones is 2. The number of hydrogen-bond donors (Lipinski definition) is 5. The van der Waals surface area contributed by atoms with Crippen molar-refractivity contribution in [2.75, 3.05) is 14.1 Å².